The monoisotopic (exact) mass is 283 g/mol. The average Bonchev–Trinajstić information content (AvgIpc) is 2.73. The van der Waals surface area contributed by atoms with Gasteiger partial charge in [0, 0.05) is 6.20 Å². The summed E-state index contributed by atoms with van der Waals surface area (Å²) in [5.41, 5.74) is 0.859. The van der Waals surface area contributed by atoms with Crippen LogP contribution < -0.4 is 10.1 Å². The first-order chi connectivity index (χ1) is 8.65. The predicted molar refractivity (Wildman–Crippen MR) is 74.5 cm³/mol. The van der Waals surface area contributed by atoms with Gasteiger partial charge in [-0.05, 0) is 26.0 Å². The number of halogens is 1. The van der Waals surface area contributed by atoms with E-state index in [2.05, 4.69) is 15.3 Å². The van der Waals surface area contributed by atoms with Crippen molar-refractivity contribution in [3.05, 3.63) is 33.9 Å². The lowest BCUT2D eigenvalue weighted by atomic mass is 10.4. The van der Waals surface area contributed by atoms with Gasteiger partial charge in [-0.2, -0.15) is 0 Å². The van der Waals surface area contributed by atoms with Gasteiger partial charge in [-0.3, -0.25) is 0 Å². The van der Waals surface area contributed by atoms with Crippen molar-refractivity contribution in [1.29, 1.82) is 0 Å². The summed E-state index contributed by atoms with van der Waals surface area (Å²) in [6, 6.07) is 3.80. The van der Waals surface area contributed by atoms with Gasteiger partial charge in [0.1, 0.15) is 9.34 Å². The third kappa shape index (κ3) is 3.58. The Kier molecular flexibility index (Phi) is 4.38. The Hall–Kier alpha value is -1.33. The van der Waals surface area contributed by atoms with Gasteiger partial charge in [0.05, 0.1) is 24.5 Å². The van der Waals surface area contributed by atoms with Crippen LogP contribution in [-0.4, -0.2) is 16.1 Å². The first kappa shape index (κ1) is 13.1. The maximum atomic E-state index is 5.83. The standard InChI is InChI=1S/C12H14ClN3OS/c1-8(2)17-12-9(4-3-5-14-12)15-7-11-16-6-10(13)18-11/h3-6,8,15H,7H2,1-2H3. The van der Waals surface area contributed by atoms with Crippen LogP contribution in [0.25, 0.3) is 0 Å². The fraction of sp³-hybridized carbons (Fsp3) is 0.333. The Morgan fingerprint density at radius 3 is 2.94 bits per heavy atom. The van der Waals surface area contributed by atoms with Crippen LogP contribution in [0.1, 0.15) is 18.9 Å². The van der Waals surface area contributed by atoms with Crippen LogP contribution in [-0.2, 0) is 6.54 Å². The number of ether oxygens (including phenoxy) is 1. The Balaban J connectivity index is 2.04. The number of thiazole rings is 1. The number of aromatic nitrogens is 2. The summed E-state index contributed by atoms with van der Waals surface area (Å²) in [5.74, 6) is 0.607. The van der Waals surface area contributed by atoms with Crippen LogP contribution in [0, 0.1) is 0 Å². The van der Waals surface area contributed by atoms with Crippen molar-refractivity contribution in [1.82, 2.24) is 9.97 Å². The van der Waals surface area contributed by atoms with Gasteiger partial charge in [-0.25, -0.2) is 9.97 Å². The number of hydrogen-bond donors (Lipinski definition) is 1. The second-order valence-corrected chi connectivity index (χ2v) is 5.68. The highest BCUT2D eigenvalue weighted by Crippen LogP contribution is 2.24. The largest absolute Gasteiger partial charge is 0.473 e. The SMILES string of the molecule is CC(C)Oc1ncccc1NCc1ncc(Cl)s1. The molecule has 0 atom stereocenters. The Morgan fingerprint density at radius 1 is 1.44 bits per heavy atom. The molecule has 1 N–H and O–H groups in total. The van der Waals surface area contributed by atoms with Crippen molar-refractivity contribution in [3.63, 3.8) is 0 Å². The molecule has 0 saturated heterocycles. The molecule has 96 valence electrons. The maximum absolute atomic E-state index is 5.83. The van der Waals surface area contributed by atoms with E-state index >= 15 is 0 Å². The molecule has 0 aromatic carbocycles. The molecule has 0 saturated carbocycles. The smallest absolute Gasteiger partial charge is 0.237 e. The zero-order valence-electron chi connectivity index (χ0n) is 10.2. The molecule has 0 aliphatic carbocycles. The number of rotatable bonds is 5. The molecule has 4 nitrogen and oxygen atoms in total. The van der Waals surface area contributed by atoms with Crippen LogP contribution in [0.3, 0.4) is 0 Å². The molecule has 0 fully saturated rings. The molecule has 0 bridgehead atoms. The van der Waals surface area contributed by atoms with Gasteiger partial charge in [0.15, 0.2) is 0 Å². The van der Waals surface area contributed by atoms with Crippen molar-refractivity contribution in [2.24, 2.45) is 0 Å². The van der Waals surface area contributed by atoms with Crippen molar-refractivity contribution >= 4 is 28.6 Å². The summed E-state index contributed by atoms with van der Waals surface area (Å²) in [7, 11) is 0. The topological polar surface area (TPSA) is 47.0 Å². The van der Waals surface area contributed by atoms with Gasteiger partial charge in [0.2, 0.25) is 5.88 Å². The van der Waals surface area contributed by atoms with Crippen LogP contribution in [0.4, 0.5) is 5.69 Å². The lowest BCUT2D eigenvalue weighted by Crippen LogP contribution is -2.09. The molecule has 2 heterocycles. The van der Waals surface area contributed by atoms with Crippen LogP contribution in [0.2, 0.25) is 4.34 Å². The summed E-state index contributed by atoms with van der Waals surface area (Å²) in [6.45, 7) is 4.55. The van der Waals surface area contributed by atoms with Crippen LogP contribution in [0.15, 0.2) is 24.5 Å². The molecule has 2 aromatic rings. The fourth-order valence-corrected chi connectivity index (χ4v) is 2.28. The van der Waals surface area contributed by atoms with E-state index in [4.69, 9.17) is 16.3 Å². The summed E-state index contributed by atoms with van der Waals surface area (Å²) in [4.78, 5) is 8.39. The zero-order valence-corrected chi connectivity index (χ0v) is 11.8. The maximum Gasteiger partial charge on any atom is 0.237 e. The van der Waals surface area contributed by atoms with E-state index < -0.39 is 0 Å². The van der Waals surface area contributed by atoms with Crippen LogP contribution >= 0.6 is 22.9 Å². The van der Waals surface area contributed by atoms with Gasteiger partial charge >= 0.3 is 0 Å². The van der Waals surface area contributed by atoms with Gasteiger partial charge in [0.25, 0.3) is 0 Å². The molecular weight excluding hydrogens is 270 g/mol. The van der Waals surface area contributed by atoms with E-state index in [1.165, 1.54) is 11.3 Å². The molecule has 0 amide bonds. The normalized spacial score (nSPS) is 10.7. The summed E-state index contributed by atoms with van der Waals surface area (Å²) >= 11 is 7.29. The van der Waals surface area contributed by atoms with E-state index in [1.807, 2.05) is 26.0 Å². The number of pyridine rings is 1. The third-order valence-electron chi connectivity index (χ3n) is 2.07. The molecular formula is C12H14ClN3OS. The number of hydrogen-bond acceptors (Lipinski definition) is 5. The fourth-order valence-electron chi connectivity index (χ4n) is 1.38. The lowest BCUT2D eigenvalue weighted by Gasteiger charge is -2.13. The highest BCUT2D eigenvalue weighted by Gasteiger charge is 2.07. The van der Waals surface area contributed by atoms with E-state index in [0.29, 0.717) is 16.8 Å². The Labute approximate surface area is 115 Å². The van der Waals surface area contributed by atoms with Crippen LogP contribution in [0.5, 0.6) is 5.88 Å². The third-order valence-corrected chi connectivity index (χ3v) is 3.19. The van der Waals surface area contributed by atoms with E-state index in [0.717, 1.165) is 10.7 Å². The minimum atomic E-state index is 0.0924. The van der Waals surface area contributed by atoms with Gasteiger partial charge in [-0.1, -0.05) is 11.6 Å². The highest BCUT2D eigenvalue weighted by molar-refractivity contribution is 7.15. The Bertz CT molecular complexity index is 516. The second-order valence-electron chi connectivity index (χ2n) is 3.93. The molecule has 0 aliphatic rings. The van der Waals surface area contributed by atoms with Gasteiger partial charge in [-0.15, -0.1) is 11.3 Å². The lowest BCUT2D eigenvalue weighted by molar-refractivity contribution is 0.234. The summed E-state index contributed by atoms with van der Waals surface area (Å²) in [6.07, 6.45) is 3.45. The van der Waals surface area contributed by atoms with E-state index in [-0.39, 0.29) is 6.10 Å². The molecule has 18 heavy (non-hydrogen) atoms. The predicted octanol–water partition coefficient (Wildman–Crippen LogP) is 3.59. The van der Waals surface area contributed by atoms with Crippen molar-refractivity contribution in [2.75, 3.05) is 5.32 Å². The number of anilines is 1. The quantitative estimate of drug-likeness (QED) is 0.911. The van der Waals surface area contributed by atoms with Gasteiger partial charge < -0.3 is 10.1 Å². The summed E-state index contributed by atoms with van der Waals surface area (Å²) in [5, 5.41) is 4.18. The highest BCUT2D eigenvalue weighted by atomic mass is 35.5. The molecule has 6 heteroatoms. The molecule has 0 aliphatic heterocycles. The number of nitrogens with zero attached hydrogens (tertiary/aromatic N) is 2. The summed E-state index contributed by atoms with van der Waals surface area (Å²) < 4.78 is 6.31. The molecule has 2 aromatic heterocycles. The average molecular weight is 284 g/mol. The molecule has 0 spiro atoms. The number of nitrogens with one attached hydrogen (secondary N) is 1. The van der Waals surface area contributed by atoms with E-state index in [1.54, 1.807) is 12.4 Å². The minimum absolute atomic E-state index is 0.0924. The van der Waals surface area contributed by atoms with Crippen molar-refractivity contribution in [3.8, 4) is 5.88 Å². The first-order valence-corrected chi connectivity index (χ1v) is 6.80. The van der Waals surface area contributed by atoms with Crippen molar-refractivity contribution in [2.45, 2.75) is 26.5 Å². The first-order valence-electron chi connectivity index (χ1n) is 5.61. The zero-order chi connectivity index (χ0) is 13.0. The molecule has 0 unspecified atom stereocenters. The molecule has 0 radical (unpaired) electrons. The van der Waals surface area contributed by atoms with E-state index in [9.17, 15) is 0 Å². The van der Waals surface area contributed by atoms with Crippen molar-refractivity contribution < 1.29 is 4.74 Å². The minimum Gasteiger partial charge on any atom is -0.473 e. The molecule has 2 rings (SSSR count). The Morgan fingerprint density at radius 2 is 2.28 bits per heavy atom. The second kappa shape index (κ2) is 6.02.